The first kappa shape index (κ1) is 34.1. The highest BCUT2D eigenvalue weighted by molar-refractivity contribution is 5.02. The molecule has 3 aliphatic heterocycles. The van der Waals surface area contributed by atoms with E-state index in [1.54, 1.807) is 0 Å². The van der Waals surface area contributed by atoms with E-state index in [4.69, 9.17) is 62.8 Å². The van der Waals surface area contributed by atoms with Crippen LogP contribution in [0.5, 0.6) is 0 Å². The number of hydrogen-bond acceptors (Lipinski definition) is 19. The summed E-state index contributed by atoms with van der Waals surface area (Å²) in [6.45, 7) is -0.967. The Hall–Kier alpha value is -0.760. The Labute approximate surface area is 241 Å². The first-order valence-corrected chi connectivity index (χ1v) is 13.9. The monoisotopic (exact) mass is 614 g/mol. The molecule has 246 valence electrons. The largest absolute Gasteiger partial charge is 0.394 e. The zero-order valence-electron chi connectivity index (χ0n) is 22.8. The van der Waals surface area contributed by atoms with Crippen molar-refractivity contribution in [3.63, 3.8) is 0 Å². The molecule has 4 aliphatic rings. The second kappa shape index (κ2) is 14.1. The maximum absolute atomic E-state index is 11.1. The molecular weight excluding hydrogens is 568 g/mol. The Morgan fingerprint density at radius 3 is 1.45 bits per heavy atom. The van der Waals surface area contributed by atoms with Crippen molar-refractivity contribution in [1.82, 2.24) is 0 Å². The molecule has 0 aromatic carbocycles. The van der Waals surface area contributed by atoms with Crippen LogP contribution in [0.1, 0.15) is 6.42 Å². The molecule has 0 radical (unpaired) electrons. The molecule has 19 atom stereocenters. The third-order valence-electron chi connectivity index (χ3n) is 8.37. The summed E-state index contributed by atoms with van der Waals surface area (Å²) in [5.74, 6) is 0. The third-order valence-corrected chi connectivity index (χ3v) is 8.37. The van der Waals surface area contributed by atoms with Gasteiger partial charge in [-0.15, -0.1) is 0 Å². The number of aliphatic hydroxyl groups excluding tert-OH is 7. The van der Waals surface area contributed by atoms with Gasteiger partial charge in [-0.05, 0) is 6.42 Å². The second-order valence-corrected chi connectivity index (χ2v) is 11.2. The van der Waals surface area contributed by atoms with Gasteiger partial charge in [0, 0.05) is 25.2 Å². The molecule has 3 saturated heterocycles. The maximum atomic E-state index is 11.1. The van der Waals surface area contributed by atoms with E-state index in [2.05, 4.69) is 0 Å². The molecule has 0 unspecified atom stereocenters. The van der Waals surface area contributed by atoms with E-state index in [0.717, 1.165) is 0 Å². The van der Waals surface area contributed by atoms with Crippen LogP contribution in [0.2, 0.25) is 0 Å². The van der Waals surface area contributed by atoms with Gasteiger partial charge in [0.05, 0.1) is 24.8 Å². The molecule has 1 saturated carbocycles. The second-order valence-electron chi connectivity index (χ2n) is 11.2. The minimum Gasteiger partial charge on any atom is -0.394 e. The average molecular weight is 615 g/mol. The molecule has 0 bridgehead atoms. The molecule has 19 heteroatoms. The third kappa shape index (κ3) is 6.60. The summed E-state index contributed by atoms with van der Waals surface area (Å²) in [6, 6.07) is -4.18. The van der Waals surface area contributed by atoms with Crippen LogP contribution in [0, 0.1) is 0 Å². The lowest BCUT2D eigenvalue weighted by Gasteiger charge is -2.47. The van der Waals surface area contributed by atoms with Crippen molar-refractivity contribution in [2.45, 2.75) is 123 Å². The molecular formula is C23H46N6O13. The van der Waals surface area contributed by atoms with Gasteiger partial charge in [-0.1, -0.05) is 0 Å². The Bertz CT molecular complexity index is 868. The van der Waals surface area contributed by atoms with Crippen LogP contribution in [0.25, 0.3) is 0 Å². The van der Waals surface area contributed by atoms with Gasteiger partial charge >= 0.3 is 0 Å². The highest BCUT2D eigenvalue weighted by Crippen LogP contribution is 2.34. The molecule has 0 aromatic heterocycles. The van der Waals surface area contributed by atoms with Crippen molar-refractivity contribution in [3.8, 4) is 0 Å². The van der Waals surface area contributed by atoms with Crippen LogP contribution in [0.3, 0.4) is 0 Å². The fourth-order valence-corrected chi connectivity index (χ4v) is 5.74. The predicted octanol–water partition coefficient (Wildman–Crippen LogP) is -8.90. The first-order chi connectivity index (χ1) is 19.8. The van der Waals surface area contributed by atoms with E-state index in [-0.39, 0.29) is 19.5 Å². The van der Waals surface area contributed by atoms with Crippen molar-refractivity contribution < 1.29 is 64.2 Å². The topological polar surface area (TPSA) is 353 Å². The first-order valence-electron chi connectivity index (χ1n) is 13.9. The highest BCUT2D eigenvalue weighted by atomic mass is 16.8. The van der Waals surface area contributed by atoms with Gasteiger partial charge in [0.25, 0.3) is 0 Å². The van der Waals surface area contributed by atoms with Crippen LogP contribution >= 0.6 is 0 Å². The fourth-order valence-electron chi connectivity index (χ4n) is 5.74. The van der Waals surface area contributed by atoms with Crippen molar-refractivity contribution in [1.29, 1.82) is 0 Å². The van der Waals surface area contributed by atoms with E-state index in [0.29, 0.717) is 0 Å². The zero-order chi connectivity index (χ0) is 31.0. The molecule has 1 aliphatic carbocycles. The molecule has 4 fully saturated rings. The van der Waals surface area contributed by atoms with Gasteiger partial charge in [0.1, 0.15) is 67.1 Å². The van der Waals surface area contributed by atoms with Gasteiger partial charge < -0.3 is 98.6 Å². The smallest absolute Gasteiger partial charge is 0.187 e. The Balaban J connectivity index is 1.50. The SMILES string of the molecule is NC[C@@H]1O[C@H](O[C@H]2[C@@H](O[C@@H]3O[C@H](CO)[C@@H](O[C@H]4O[C@@H](CN)[C@@H](O)[C@H](O)[C@H]4N)[C@H]3O)[C@@H](O)[C@@H](N)C[C@H]2N)[C@H](N)[C@@H](O)[C@@H]1O. The normalized spacial score (nSPS) is 53.8. The molecule has 19 N–H and O–H groups in total. The predicted molar refractivity (Wildman–Crippen MR) is 138 cm³/mol. The Kier molecular flexibility index (Phi) is 11.5. The van der Waals surface area contributed by atoms with E-state index in [9.17, 15) is 35.7 Å². The summed E-state index contributed by atoms with van der Waals surface area (Å²) in [5, 5.41) is 73.0. The lowest BCUT2D eigenvalue weighted by Crippen LogP contribution is -2.68. The van der Waals surface area contributed by atoms with E-state index in [1.807, 2.05) is 0 Å². The number of rotatable bonds is 9. The van der Waals surface area contributed by atoms with Crippen molar-refractivity contribution in [3.05, 3.63) is 0 Å². The van der Waals surface area contributed by atoms with Crippen LogP contribution in [-0.2, 0) is 28.4 Å². The molecule has 0 spiro atoms. The molecule has 4 rings (SSSR count). The summed E-state index contributed by atoms with van der Waals surface area (Å²) in [5.41, 5.74) is 35.6. The molecule has 0 aromatic rings. The zero-order valence-corrected chi connectivity index (χ0v) is 22.8. The quantitative estimate of drug-likeness (QED) is 0.115. The van der Waals surface area contributed by atoms with Crippen LogP contribution in [-0.4, -0.2) is 172 Å². The van der Waals surface area contributed by atoms with Gasteiger partial charge in [0.15, 0.2) is 18.9 Å². The maximum Gasteiger partial charge on any atom is 0.187 e. The van der Waals surface area contributed by atoms with Gasteiger partial charge in [-0.2, -0.15) is 0 Å². The number of ether oxygens (including phenoxy) is 6. The van der Waals surface area contributed by atoms with Crippen molar-refractivity contribution in [2.24, 2.45) is 34.4 Å². The number of nitrogens with two attached hydrogens (primary N) is 6. The molecule has 3 heterocycles. The van der Waals surface area contributed by atoms with Gasteiger partial charge in [-0.3, -0.25) is 0 Å². The van der Waals surface area contributed by atoms with Crippen LogP contribution in [0.4, 0.5) is 0 Å². The summed E-state index contributed by atoms with van der Waals surface area (Å²) in [6.07, 6.45) is -19.8. The average Bonchev–Trinajstić information content (AvgIpc) is 3.27. The highest BCUT2D eigenvalue weighted by Gasteiger charge is 2.54. The Morgan fingerprint density at radius 2 is 0.976 bits per heavy atom. The molecule has 0 amide bonds. The van der Waals surface area contributed by atoms with Gasteiger partial charge in [0.2, 0.25) is 0 Å². The Morgan fingerprint density at radius 1 is 0.524 bits per heavy atom. The van der Waals surface area contributed by atoms with Crippen molar-refractivity contribution in [2.75, 3.05) is 19.7 Å². The van der Waals surface area contributed by atoms with E-state index >= 15 is 0 Å². The molecule has 42 heavy (non-hydrogen) atoms. The van der Waals surface area contributed by atoms with Crippen LogP contribution < -0.4 is 34.4 Å². The summed E-state index contributed by atoms with van der Waals surface area (Å²) < 4.78 is 34.6. The number of hydrogen-bond donors (Lipinski definition) is 13. The fraction of sp³-hybridized carbons (Fsp3) is 1.00. The summed E-state index contributed by atoms with van der Waals surface area (Å²) >= 11 is 0. The summed E-state index contributed by atoms with van der Waals surface area (Å²) in [4.78, 5) is 0. The lowest BCUT2D eigenvalue weighted by molar-refractivity contribution is -0.306. The summed E-state index contributed by atoms with van der Waals surface area (Å²) in [7, 11) is 0. The van der Waals surface area contributed by atoms with Crippen molar-refractivity contribution >= 4 is 0 Å². The standard InChI is InChI=1S/C23H46N6O13/c24-2-7-13(32)15(34)10(28)21(37-7)40-18-6(27)1-5(26)12(31)20(18)42-23-17(36)19(9(4-30)39-23)41-22-11(29)16(35)14(33)8(3-25)38-22/h5-23,30-36H,1-4,24-29H2/t5-,6+,7-,8-,9+,10+,11+,12-,13+,14+,15+,16+,17+,18+,19+,20-,21+,22+,23-/m0/s1. The minimum absolute atomic E-state index is 0.0889. The van der Waals surface area contributed by atoms with Gasteiger partial charge in [-0.25, -0.2) is 0 Å². The van der Waals surface area contributed by atoms with E-state index in [1.165, 1.54) is 0 Å². The molecule has 19 nitrogen and oxygen atoms in total. The minimum atomic E-state index is -1.60. The van der Waals surface area contributed by atoms with Crippen LogP contribution in [0.15, 0.2) is 0 Å². The van der Waals surface area contributed by atoms with E-state index < -0.39 is 123 Å². The lowest BCUT2D eigenvalue weighted by atomic mass is 9.84. The number of aliphatic hydroxyl groups is 7.